The van der Waals surface area contributed by atoms with Crippen molar-refractivity contribution in [1.82, 2.24) is 5.32 Å². The van der Waals surface area contributed by atoms with Gasteiger partial charge in [-0.15, -0.1) is 0 Å². The summed E-state index contributed by atoms with van der Waals surface area (Å²) in [7, 11) is 1.66. The monoisotopic (exact) mass is 295 g/mol. The molecule has 2 aromatic rings. The molecule has 0 aliphatic heterocycles. The molecule has 0 heterocycles. The number of carbonyl (C=O) groups excluding carboxylic acids is 1. The van der Waals surface area contributed by atoms with Crippen molar-refractivity contribution in [2.45, 2.75) is 19.4 Å². The Morgan fingerprint density at radius 1 is 1.18 bits per heavy atom. The molecular formula is C19H21NO2. The van der Waals surface area contributed by atoms with E-state index in [0.29, 0.717) is 0 Å². The summed E-state index contributed by atoms with van der Waals surface area (Å²) in [6.07, 6.45) is 1.84. The first kappa shape index (κ1) is 14.8. The average Bonchev–Trinajstić information content (AvgIpc) is 2.57. The maximum atomic E-state index is 12.6. The van der Waals surface area contributed by atoms with Crippen molar-refractivity contribution in [2.75, 3.05) is 13.7 Å². The molecule has 22 heavy (non-hydrogen) atoms. The summed E-state index contributed by atoms with van der Waals surface area (Å²) in [6, 6.07) is 16.0. The minimum Gasteiger partial charge on any atom is -0.497 e. The Kier molecular flexibility index (Phi) is 4.54. The van der Waals surface area contributed by atoms with Crippen molar-refractivity contribution >= 4 is 5.78 Å². The molecule has 0 spiro atoms. The molecule has 2 aromatic carbocycles. The minimum absolute atomic E-state index is 0.0737. The zero-order chi connectivity index (χ0) is 15.4. The van der Waals surface area contributed by atoms with Crippen molar-refractivity contribution in [3.63, 3.8) is 0 Å². The number of nitrogens with one attached hydrogen (secondary N) is 1. The lowest BCUT2D eigenvalue weighted by Gasteiger charge is -2.24. The van der Waals surface area contributed by atoms with E-state index in [1.807, 2.05) is 36.4 Å². The van der Waals surface area contributed by atoms with E-state index < -0.39 is 0 Å². The number of aryl methyl sites for hydroxylation is 1. The van der Waals surface area contributed by atoms with E-state index in [1.54, 1.807) is 7.11 Å². The Balaban J connectivity index is 1.61. The Morgan fingerprint density at radius 3 is 2.77 bits per heavy atom. The van der Waals surface area contributed by atoms with E-state index in [2.05, 4.69) is 17.4 Å². The van der Waals surface area contributed by atoms with Gasteiger partial charge < -0.3 is 10.1 Å². The summed E-state index contributed by atoms with van der Waals surface area (Å²) < 4.78 is 5.23. The fraction of sp³-hybridized carbons (Fsp3) is 0.316. The molecule has 1 aliphatic carbocycles. The van der Waals surface area contributed by atoms with Crippen molar-refractivity contribution in [2.24, 2.45) is 5.92 Å². The molecular weight excluding hydrogens is 274 g/mol. The van der Waals surface area contributed by atoms with Crippen LogP contribution in [0.1, 0.15) is 27.9 Å². The third-order valence-corrected chi connectivity index (χ3v) is 4.27. The fourth-order valence-electron chi connectivity index (χ4n) is 3.01. The van der Waals surface area contributed by atoms with Gasteiger partial charge in [0.2, 0.25) is 0 Å². The summed E-state index contributed by atoms with van der Waals surface area (Å²) >= 11 is 0. The maximum absolute atomic E-state index is 12.6. The highest BCUT2D eigenvalue weighted by Crippen LogP contribution is 2.28. The highest BCUT2D eigenvalue weighted by atomic mass is 16.5. The van der Waals surface area contributed by atoms with E-state index in [9.17, 15) is 4.79 Å². The molecule has 1 unspecified atom stereocenters. The lowest BCUT2D eigenvalue weighted by Crippen LogP contribution is -2.32. The number of hydrogen-bond acceptors (Lipinski definition) is 3. The van der Waals surface area contributed by atoms with Gasteiger partial charge in [0.05, 0.1) is 7.11 Å². The van der Waals surface area contributed by atoms with Crippen molar-refractivity contribution < 1.29 is 9.53 Å². The van der Waals surface area contributed by atoms with E-state index in [-0.39, 0.29) is 11.7 Å². The standard InChI is InChI=1S/C19H21NO2/c1-22-17-9-10-18-15(11-17)7-8-16(19(18)21)13-20-12-14-5-3-2-4-6-14/h2-6,9-11,16,20H,7-8,12-13H2,1H3. The van der Waals surface area contributed by atoms with Gasteiger partial charge in [-0.3, -0.25) is 4.79 Å². The predicted octanol–water partition coefficient (Wildman–Crippen LogP) is 3.23. The zero-order valence-corrected chi connectivity index (χ0v) is 12.8. The molecule has 0 radical (unpaired) electrons. The molecule has 0 fully saturated rings. The summed E-state index contributed by atoms with van der Waals surface area (Å²) in [5, 5.41) is 3.41. The van der Waals surface area contributed by atoms with Gasteiger partial charge in [-0.2, -0.15) is 0 Å². The van der Waals surface area contributed by atoms with Crippen LogP contribution >= 0.6 is 0 Å². The van der Waals surface area contributed by atoms with E-state index in [0.717, 1.165) is 42.8 Å². The third kappa shape index (κ3) is 3.20. The van der Waals surface area contributed by atoms with Crippen LogP contribution in [-0.4, -0.2) is 19.4 Å². The predicted molar refractivity (Wildman–Crippen MR) is 87.3 cm³/mol. The summed E-state index contributed by atoms with van der Waals surface area (Å²) in [5.41, 5.74) is 3.22. The Labute approximate surface area is 131 Å². The molecule has 3 nitrogen and oxygen atoms in total. The number of ether oxygens (including phenoxy) is 1. The number of benzene rings is 2. The van der Waals surface area contributed by atoms with Gasteiger partial charge in [0.1, 0.15) is 5.75 Å². The average molecular weight is 295 g/mol. The molecule has 1 aliphatic rings. The van der Waals surface area contributed by atoms with Gasteiger partial charge in [0, 0.05) is 24.6 Å². The highest BCUT2D eigenvalue weighted by molar-refractivity contribution is 6.00. The number of methoxy groups -OCH3 is 1. The smallest absolute Gasteiger partial charge is 0.167 e. The topological polar surface area (TPSA) is 38.3 Å². The molecule has 3 heteroatoms. The summed E-state index contributed by atoms with van der Waals surface area (Å²) in [5.74, 6) is 1.15. The van der Waals surface area contributed by atoms with E-state index in [1.165, 1.54) is 5.56 Å². The number of rotatable bonds is 5. The van der Waals surface area contributed by atoms with Crippen molar-refractivity contribution in [3.05, 3.63) is 65.2 Å². The van der Waals surface area contributed by atoms with Crippen LogP contribution in [-0.2, 0) is 13.0 Å². The van der Waals surface area contributed by atoms with Gasteiger partial charge in [0.15, 0.2) is 5.78 Å². The highest BCUT2D eigenvalue weighted by Gasteiger charge is 2.27. The third-order valence-electron chi connectivity index (χ3n) is 4.27. The number of ketones is 1. The van der Waals surface area contributed by atoms with Gasteiger partial charge in [0.25, 0.3) is 0 Å². The maximum Gasteiger partial charge on any atom is 0.167 e. The Morgan fingerprint density at radius 2 is 2.00 bits per heavy atom. The fourth-order valence-corrected chi connectivity index (χ4v) is 3.01. The molecule has 114 valence electrons. The van der Waals surface area contributed by atoms with Crippen LogP contribution in [0.4, 0.5) is 0 Å². The number of fused-ring (bicyclic) bond motifs is 1. The molecule has 0 saturated heterocycles. The molecule has 1 atom stereocenters. The molecule has 0 bridgehead atoms. The van der Waals surface area contributed by atoms with Crippen LogP contribution in [0.15, 0.2) is 48.5 Å². The SMILES string of the molecule is COc1ccc2c(c1)CCC(CNCc1ccccc1)C2=O. The van der Waals surface area contributed by atoms with E-state index >= 15 is 0 Å². The molecule has 0 saturated carbocycles. The van der Waals surface area contributed by atoms with Gasteiger partial charge >= 0.3 is 0 Å². The first-order valence-electron chi connectivity index (χ1n) is 7.73. The second-order valence-corrected chi connectivity index (χ2v) is 5.74. The zero-order valence-electron chi connectivity index (χ0n) is 12.8. The number of hydrogen-bond donors (Lipinski definition) is 1. The normalized spacial score (nSPS) is 17.1. The van der Waals surface area contributed by atoms with Gasteiger partial charge in [-0.1, -0.05) is 30.3 Å². The summed E-state index contributed by atoms with van der Waals surface area (Å²) in [4.78, 5) is 12.6. The van der Waals surface area contributed by atoms with Crippen molar-refractivity contribution in [3.8, 4) is 5.75 Å². The van der Waals surface area contributed by atoms with Crippen LogP contribution in [0, 0.1) is 5.92 Å². The Hall–Kier alpha value is -2.13. The number of Topliss-reactive ketones (excluding diaryl/α,β-unsaturated/α-hetero) is 1. The van der Waals surface area contributed by atoms with Crippen LogP contribution < -0.4 is 10.1 Å². The number of carbonyl (C=O) groups is 1. The Bertz CT molecular complexity index is 652. The van der Waals surface area contributed by atoms with Crippen LogP contribution in [0.25, 0.3) is 0 Å². The first-order chi connectivity index (χ1) is 10.8. The largest absolute Gasteiger partial charge is 0.497 e. The molecule has 0 amide bonds. The van der Waals surface area contributed by atoms with E-state index in [4.69, 9.17) is 4.74 Å². The molecule has 0 aromatic heterocycles. The van der Waals surface area contributed by atoms with Crippen molar-refractivity contribution in [1.29, 1.82) is 0 Å². The van der Waals surface area contributed by atoms with Gasteiger partial charge in [-0.25, -0.2) is 0 Å². The van der Waals surface area contributed by atoms with Crippen LogP contribution in [0.5, 0.6) is 5.75 Å². The second kappa shape index (κ2) is 6.75. The molecule has 3 rings (SSSR count). The van der Waals surface area contributed by atoms with Crippen LogP contribution in [0.2, 0.25) is 0 Å². The first-order valence-corrected chi connectivity index (χ1v) is 7.73. The minimum atomic E-state index is 0.0737. The second-order valence-electron chi connectivity index (χ2n) is 5.74. The summed E-state index contributed by atoms with van der Waals surface area (Å²) in [6.45, 7) is 1.54. The quantitative estimate of drug-likeness (QED) is 0.920. The lowest BCUT2D eigenvalue weighted by atomic mass is 9.82. The van der Waals surface area contributed by atoms with Crippen LogP contribution in [0.3, 0.4) is 0 Å². The lowest BCUT2D eigenvalue weighted by molar-refractivity contribution is 0.0900. The van der Waals surface area contributed by atoms with Gasteiger partial charge in [-0.05, 0) is 42.2 Å². The molecule has 1 N–H and O–H groups in total.